The van der Waals surface area contributed by atoms with Gasteiger partial charge in [-0.3, -0.25) is 14.3 Å². The SMILES string of the molecule is CO[C@H]1/C=C/C[C@H](C)C[S@@](=O)(NC(=O)C(F)(F)F)=NC(=O)c2ccc3c(c2)N(C[C@@H]2CC[C@H]21)C[C@@]1(CCCc2cc(Cl)ccc21)CO3. The van der Waals surface area contributed by atoms with Gasteiger partial charge in [0.15, 0.2) is 0 Å². The standard InChI is InChI=1S/C34H39ClF3N3O5S/c1-21-5-3-7-29(45-2)26-11-8-24(26)17-41-19-33(14-4-6-22-15-25(35)10-12-27(22)33)20-46-30-13-9-23(16-28(30)41)31(42)39-47(44,18-21)40-32(43)34(36,37)38/h3,7,9-10,12-13,15-16,21,24,26,29H,4-6,8,11,14,17-20H2,1-2H3,(H,39,40,42,43,44)/b7-3+/t21-,24-,26+,29-,33-,47-/m0/s1. The number of ether oxygens (including phenoxy) is 2. The molecule has 4 aliphatic rings. The number of nitrogens with zero attached hydrogens (tertiary/aromatic N) is 2. The molecule has 1 spiro atoms. The molecule has 2 amide bonds. The smallest absolute Gasteiger partial charge is 0.472 e. The van der Waals surface area contributed by atoms with E-state index in [1.807, 2.05) is 24.3 Å². The maximum Gasteiger partial charge on any atom is 0.472 e. The highest BCUT2D eigenvalue weighted by Gasteiger charge is 2.45. The molecule has 2 bridgehead atoms. The van der Waals surface area contributed by atoms with E-state index in [0.717, 1.165) is 32.1 Å². The van der Waals surface area contributed by atoms with Crippen molar-refractivity contribution >= 4 is 39.0 Å². The number of methoxy groups -OCH3 is 1. The third-order valence-corrected chi connectivity index (χ3v) is 12.2. The fraction of sp³-hybridized carbons (Fsp3) is 0.529. The van der Waals surface area contributed by atoms with E-state index in [4.69, 9.17) is 21.1 Å². The quantitative estimate of drug-likeness (QED) is 0.354. The van der Waals surface area contributed by atoms with Crippen LogP contribution in [0.15, 0.2) is 52.9 Å². The lowest BCUT2D eigenvalue weighted by Gasteiger charge is -2.46. The van der Waals surface area contributed by atoms with Gasteiger partial charge in [0.05, 0.1) is 24.2 Å². The van der Waals surface area contributed by atoms with Crippen molar-refractivity contribution in [3.05, 3.63) is 70.3 Å². The van der Waals surface area contributed by atoms with Crippen LogP contribution in [0.5, 0.6) is 5.75 Å². The number of carbonyl (C=O) groups excluding carboxylic acids is 2. The molecule has 47 heavy (non-hydrogen) atoms. The fourth-order valence-corrected chi connectivity index (χ4v) is 9.65. The summed E-state index contributed by atoms with van der Waals surface area (Å²) in [5.41, 5.74) is 2.73. The molecule has 2 aromatic rings. The molecule has 0 saturated heterocycles. The largest absolute Gasteiger partial charge is 0.490 e. The van der Waals surface area contributed by atoms with Gasteiger partial charge in [0.2, 0.25) is 0 Å². The molecule has 254 valence electrons. The van der Waals surface area contributed by atoms with Gasteiger partial charge in [-0.2, -0.15) is 13.2 Å². The van der Waals surface area contributed by atoms with Crippen LogP contribution in [0.3, 0.4) is 0 Å². The van der Waals surface area contributed by atoms with Gasteiger partial charge in [-0.15, -0.1) is 4.36 Å². The lowest BCUT2D eigenvalue weighted by molar-refractivity contribution is -0.171. The number of alkyl halides is 3. The minimum absolute atomic E-state index is 0.0395. The second kappa shape index (κ2) is 13.1. The molecule has 2 aliphatic carbocycles. The Morgan fingerprint density at radius 1 is 1.21 bits per heavy atom. The number of hydrogen-bond acceptors (Lipinski definition) is 6. The lowest BCUT2D eigenvalue weighted by atomic mass is 9.68. The molecular formula is C34H39ClF3N3O5S. The number of benzene rings is 2. The van der Waals surface area contributed by atoms with Gasteiger partial charge in [-0.05, 0) is 97.7 Å². The Bertz CT molecular complexity index is 1710. The van der Waals surface area contributed by atoms with E-state index in [9.17, 15) is 27.0 Å². The van der Waals surface area contributed by atoms with Crippen LogP contribution in [0.25, 0.3) is 0 Å². The van der Waals surface area contributed by atoms with Gasteiger partial charge in [0, 0.05) is 36.2 Å². The number of carbonyl (C=O) groups is 2. The Balaban J connectivity index is 1.45. The van der Waals surface area contributed by atoms with E-state index in [1.165, 1.54) is 21.9 Å². The molecule has 0 unspecified atom stereocenters. The minimum Gasteiger partial charge on any atom is -0.490 e. The van der Waals surface area contributed by atoms with Crippen molar-refractivity contribution in [1.82, 2.24) is 4.72 Å². The first kappa shape index (κ1) is 33.8. The number of anilines is 1. The molecule has 2 aromatic carbocycles. The highest BCUT2D eigenvalue weighted by atomic mass is 35.5. The second-order valence-corrected chi connectivity index (χ2v) is 15.8. The average Bonchev–Trinajstić information content (AvgIpc) is 3.14. The van der Waals surface area contributed by atoms with Crippen LogP contribution in [-0.4, -0.2) is 60.9 Å². The zero-order valence-electron chi connectivity index (χ0n) is 26.4. The van der Waals surface area contributed by atoms with Crippen molar-refractivity contribution in [2.75, 3.05) is 37.5 Å². The Kier molecular flexibility index (Phi) is 9.41. The summed E-state index contributed by atoms with van der Waals surface area (Å²) in [6, 6.07) is 10.8. The molecule has 8 nitrogen and oxygen atoms in total. The van der Waals surface area contributed by atoms with Crippen molar-refractivity contribution in [1.29, 1.82) is 0 Å². The number of halogens is 4. The van der Waals surface area contributed by atoms with Crippen LogP contribution in [0, 0.1) is 17.8 Å². The first-order valence-corrected chi connectivity index (χ1v) is 18.0. The van der Waals surface area contributed by atoms with Crippen molar-refractivity contribution in [3.63, 3.8) is 0 Å². The van der Waals surface area contributed by atoms with E-state index in [1.54, 1.807) is 26.2 Å². The Labute approximate surface area is 278 Å². The highest BCUT2D eigenvalue weighted by Crippen LogP contribution is 2.47. The summed E-state index contributed by atoms with van der Waals surface area (Å²) in [6.45, 7) is 3.38. The molecule has 13 heteroatoms. The zero-order chi connectivity index (χ0) is 33.6. The fourth-order valence-electron chi connectivity index (χ4n) is 7.57. The van der Waals surface area contributed by atoms with Crippen LogP contribution in [0.4, 0.5) is 18.9 Å². The Morgan fingerprint density at radius 3 is 2.74 bits per heavy atom. The summed E-state index contributed by atoms with van der Waals surface area (Å²) in [5.74, 6) is -3.20. The van der Waals surface area contributed by atoms with Crippen LogP contribution in [-0.2, 0) is 31.3 Å². The van der Waals surface area contributed by atoms with E-state index < -0.39 is 39.6 Å². The number of rotatable bonds is 2. The molecule has 0 aromatic heterocycles. The third kappa shape index (κ3) is 7.05. The normalized spacial score (nSPS) is 31.7. The third-order valence-electron chi connectivity index (χ3n) is 10.0. The van der Waals surface area contributed by atoms with E-state index in [2.05, 4.69) is 15.3 Å². The molecule has 1 fully saturated rings. The van der Waals surface area contributed by atoms with Crippen LogP contribution in [0.1, 0.15) is 60.5 Å². The minimum atomic E-state index is -5.30. The first-order valence-electron chi connectivity index (χ1n) is 16.0. The number of fused-ring (bicyclic) bond motifs is 4. The van der Waals surface area contributed by atoms with E-state index in [0.29, 0.717) is 48.5 Å². The van der Waals surface area contributed by atoms with E-state index in [-0.39, 0.29) is 23.0 Å². The van der Waals surface area contributed by atoms with Crippen molar-refractivity contribution in [2.24, 2.45) is 22.1 Å². The van der Waals surface area contributed by atoms with Gasteiger partial charge < -0.3 is 14.4 Å². The number of nitrogens with one attached hydrogen (secondary N) is 1. The maximum absolute atomic E-state index is 13.8. The predicted octanol–water partition coefficient (Wildman–Crippen LogP) is 6.65. The monoisotopic (exact) mass is 693 g/mol. The zero-order valence-corrected chi connectivity index (χ0v) is 27.9. The second-order valence-electron chi connectivity index (χ2n) is 13.4. The van der Waals surface area contributed by atoms with Crippen LogP contribution in [0.2, 0.25) is 5.02 Å². The van der Waals surface area contributed by atoms with Gasteiger partial charge in [-0.1, -0.05) is 36.7 Å². The number of amides is 2. The number of hydrogen-bond donors (Lipinski definition) is 1. The molecule has 1 N–H and O–H groups in total. The molecule has 2 heterocycles. The maximum atomic E-state index is 13.8. The lowest BCUT2D eigenvalue weighted by Crippen LogP contribution is -2.49. The van der Waals surface area contributed by atoms with E-state index >= 15 is 0 Å². The highest BCUT2D eigenvalue weighted by molar-refractivity contribution is 7.92. The summed E-state index contributed by atoms with van der Waals surface area (Å²) in [4.78, 5) is 27.7. The van der Waals surface area contributed by atoms with Crippen molar-refractivity contribution in [3.8, 4) is 5.75 Å². The van der Waals surface area contributed by atoms with Crippen molar-refractivity contribution < 1.29 is 36.4 Å². The number of allylic oxidation sites excluding steroid dienone is 1. The van der Waals surface area contributed by atoms with Crippen LogP contribution < -0.4 is 14.4 Å². The molecule has 1 saturated carbocycles. The summed E-state index contributed by atoms with van der Waals surface area (Å²) < 4.78 is 71.2. The summed E-state index contributed by atoms with van der Waals surface area (Å²) in [6.07, 6.45) is 3.44. The summed E-state index contributed by atoms with van der Waals surface area (Å²) >= 11 is 6.38. The Hall–Kier alpha value is -3.09. The molecule has 2 aliphatic heterocycles. The molecular weight excluding hydrogens is 655 g/mol. The summed E-state index contributed by atoms with van der Waals surface area (Å²) in [7, 11) is -2.48. The van der Waals surface area contributed by atoms with Gasteiger partial charge >= 0.3 is 12.1 Å². The predicted molar refractivity (Wildman–Crippen MR) is 174 cm³/mol. The molecule has 6 rings (SSSR count). The average molecular weight is 694 g/mol. The number of aryl methyl sites for hydroxylation is 1. The van der Waals surface area contributed by atoms with Gasteiger partial charge in [0.25, 0.3) is 5.91 Å². The summed E-state index contributed by atoms with van der Waals surface area (Å²) in [5, 5.41) is 0.684. The molecule has 6 atom stereocenters. The topological polar surface area (TPSA) is 97.3 Å². The molecule has 0 radical (unpaired) electrons. The van der Waals surface area contributed by atoms with Gasteiger partial charge in [-0.25, -0.2) is 4.21 Å². The first-order chi connectivity index (χ1) is 22.3. The van der Waals surface area contributed by atoms with Gasteiger partial charge in [0.1, 0.15) is 15.7 Å². The van der Waals surface area contributed by atoms with Crippen molar-refractivity contribution in [2.45, 2.75) is 63.1 Å². The Morgan fingerprint density at radius 2 is 2.02 bits per heavy atom. The van der Waals surface area contributed by atoms with Crippen LogP contribution >= 0.6 is 11.6 Å².